The summed E-state index contributed by atoms with van der Waals surface area (Å²) in [6.07, 6.45) is 1.16. The zero-order chi connectivity index (χ0) is 11.4. The number of ether oxygens (including phenoxy) is 1. The molecule has 1 aliphatic rings. The molecule has 0 atom stereocenters. The number of nitrogens with one attached hydrogen (secondary N) is 1. The minimum absolute atomic E-state index is 0.791. The molecule has 0 saturated carbocycles. The number of anilines is 1. The molecule has 3 nitrogen and oxygen atoms in total. The molecule has 0 aromatic heterocycles. The molecule has 0 unspecified atom stereocenters. The van der Waals surface area contributed by atoms with Gasteiger partial charge in [0.25, 0.3) is 0 Å². The van der Waals surface area contributed by atoms with E-state index in [1.807, 2.05) is 0 Å². The molecule has 1 N–H and O–H groups in total. The molecule has 0 bridgehead atoms. The topological polar surface area (TPSA) is 24.5 Å². The minimum atomic E-state index is 0.791. The lowest BCUT2D eigenvalue weighted by Crippen LogP contribution is -2.22. The van der Waals surface area contributed by atoms with Gasteiger partial charge in [-0.3, -0.25) is 4.90 Å². The van der Waals surface area contributed by atoms with Crippen molar-refractivity contribution in [3.05, 3.63) is 29.3 Å². The van der Waals surface area contributed by atoms with E-state index < -0.39 is 0 Å². The number of hydrogen-bond acceptors (Lipinski definition) is 3. The fourth-order valence-electron chi connectivity index (χ4n) is 2.07. The number of fused-ring (bicyclic) bond motifs is 1. The van der Waals surface area contributed by atoms with Crippen molar-refractivity contribution < 1.29 is 4.74 Å². The van der Waals surface area contributed by atoms with E-state index in [4.69, 9.17) is 4.74 Å². The Balaban J connectivity index is 1.94. The van der Waals surface area contributed by atoms with E-state index in [0.29, 0.717) is 0 Å². The second-order valence-corrected chi connectivity index (χ2v) is 4.40. The molecule has 0 spiro atoms. The van der Waals surface area contributed by atoms with Gasteiger partial charge in [-0.05, 0) is 30.7 Å². The number of likely N-dealkylation sites (N-methyl/N-ethyl adjacent to an activating group) is 1. The van der Waals surface area contributed by atoms with E-state index >= 15 is 0 Å². The SMILES string of the molecule is COCCN(C)Cc1ccc2c(c1)NCC2. The summed E-state index contributed by atoms with van der Waals surface area (Å²) in [7, 11) is 3.87. The Morgan fingerprint density at radius 3 is 3.12 bits per heavy atom. The highest BCUT2D eigenvalue weighted by molar-refractivity contribution is 5.56. The summed E-state index contributed by atoms with van der Waals surface area (Å²) in [4.78, 5) is 2.28. The Bertz CT molecular complexity index is 352. The van der Waals surface area contributed by atoms with Crippen LogP contribution in [0.2, 0.25) is 0 Å². The first-order valence-electron chi connectivity index (χ1n) is 5.83. The maximum Gasteiger partial charge on any atom is 0.0589 e. The lowest BCUT2D eigenvalue weighted by atomic mass is 10.1. The van der Waals surface area contributed by atoms with Crippen LogP contribution in [0.4, 0.5) is 5.69 Å². The Kier molecular flexibility index (Phi) is 3.80. The third kappa shape index (κ3) is 2.74. The molecule has 1 aliphatic heterocycles. The number of benzene rings is 1. The van der Waals surface area contributed by atoms with Gasteiger partial charge in [0.2, 0.25) is 0 Å². The van der Waals surface area contributed by atoms with Crippen molar-refractivity contribution in [1.82, 2.24) is 4.90 Å². The Morgan fingerprint density at radius 2 is 2.31 bits per heavy atom. The molecule has 1 heterocycles. The van der Waals surface area contributed by atoms with Crippen molar-refractivity contribution >= 4 is 5.69 Å². The Morgan fingerprint density at radius 1 is 1.44 bits per heavy atom. The van der Waals surface area contributed by atoms with Crippen molar-refractivity contribution in [1.29, 1.82) is 0 Å². The van der Waals surface area contributed by atoms with Crippen LogP contribution < -0.4 is 5.32 Å². The van der Waals surface area contributed by atoms with Crippen molar-refractivity contribution in [2.24, 2.45) is 0 Å². The quantitative estimate of drug-likeness (QED) is 0.818. The van der Waals surface area contributed by atoms with Crippen LogP contribution in [-0.2, 0) is 17.7 Å². The monoisotopic (exact) mass is 220 g/mol. The third-order valence-corrected chi connectivity index (χ3v) is 3.01. The van der Waals surface area contributed by atoms with Gasteiger partial charge in [-0.25, -0.2) is 0 Å². The lowest BCUT2D eigenvalue weighted by molar-refractivity contribution is 0.158. The van der Waals surface area contributed by atoms with Crippen LogP contribution in [0.1, 0.15) is 11.1 Å². The van der Waals surface area contributed by atoms with Crippen LogP contribution in [0.3, 0.4) is 0 Å². The van der Waals surface area contributed by atoms with Gasteiger partial charge in [-0.1, -0.05) is 12.1 Å². The smallest absolute Gasteiger partial charge is 0.0589 e. The van der Waals surface area contributed by atoms with Crippen LogP contribution >= 0.6 is 0 Å². The van der Waals surface area contributed by atoms with E-state index in [2.05, 4.69) is 35.5 Å². The molecule has 88 valence electrons. The molecular weight excluding hydrogens is 200 g/mol. The van der Waals surface area contributed by atoms with Crippen molar-refractivity contribution in [2.75, 3.05) is 39.2 Å². The number of hydrogen-bond donors (Lipinski definition) is 1. The van der Waals surface area contributed by atoms with Gasteiger partial charge in [0, 0.05) is 32.4 Å². The highest BCUT2D eigenvalue weighted by Crippen LogP contribution is 2.23. The third-order valence-electron chi connectivity index (χ3n) is 3.01. The standard InChI is InChI=1S/C13H20N2O/c1-15(7-8-16-2)10-11-3-4-12-5-6-14-13(12)9-11/h3-4,9,14H,5-8,10H2,1-2H3. The van der Waals surface area contributed by atoms with Gasteiger partial charge in [-0.15, -0.1) is 0 Å². The van der Waals surface area contributed by atoms with Gasteiger partial charge in [0.05, 0.1) is 6.61 Å². The Hall–Kier alpha value is -1.06. The zero-order valence-electron chi connectivity index (χ0n) is 10.1. The van der Waals surface area contributed by atoms with Crippen LogP contribution in [0, 0.1) is 0 Å². The van der Waals surface area contributed by atoms with Crippen molar-refractivity contribution in [3.8, 4) is 0 Å². The molecule has 0 amide bonds. The molecule has 3 heteroatoms. The average Bonchev–Trinajstić information content (AvgIpc) is 2.73. The number of nitrogens with zero attached hydrogens (tertiary/aromatic N) is 1. The molecular formula is C13H20N2O. The van der Waals surface area contributed by atoms with Crippen LogP contribution in [0.25, 0.3) is 0 Å². The van der Waals surface area contributed by atoms with E-state index in [1.54, 1.807) is 7.11 Å². The molecule has 0 saturated heterocycles. The first-order chi connectivity index (χ1) is 7.79. The molecule has 0 aliphatic carbocycles. The molecule has 0 fully saturated rings. The van der Waals surface area contributed by atoms with E-state index in [-0.39, 0.29) is 0 Å². The summed E-state index contributed by atoms with van der Waals surface area (Å²) >= 11 is 0. The summed E-state index contributed by atoms with van der Waals surface area (Å²) < 4.78 is 5.07. The van der Waals surface area contributed by atoms with Gasteiger partial charge < -0.3 is 10.1 Å². The number of rotatable bonds is 5. The fraction of sp³-hybridized carbons (Fsp3) is 0.538. The highest BCUT2D eigenvalue weighted by atomic mass is 16.5. The number of methoxy groups -OCH3 is 1. The summed E-state index contributed by atoms with van der Waals surface area (Å²) in [5.41, 5.74) is 4.13. The average molecular weight is 220 g/mol. The maximum absolute atomic E-state index is 5.07. The van der Waals surface area contributed by atoms with Crippen LogP contribution in [-0.4, -0.2) is 38.8 Å². The summed E-state index contributed by atoms with van der Waals surface area (Å²) in [5.74, 6) is 0. The van der Waals surface area contributed by atoms with Crippen LogP contribution in [0.15, 0.2) is 18.2 Å². The molecule has 2 rings (SSSR count). The van der Waals surface area contributed by atoms with Gasteiger partial charge in [-0.2, -0.15) is 0 Å². The largest absolute Gasteiger partial charge is 0.384 e. The summed E-state index contributed by atoms with van der Waals surface area (Å²) in [5, 5.41) is 3.41. The predicted octanol–water partition coefficient (Wildman–Crippen LogP) is 1.73. The van der Waals surface area contributed by atoms with E-state index in [9.17, 15) is 0 Å². The fourth-order valence-corrected chi connectivity index (χ4v) is 2.07. The van der Waals surface area contributed by atoms with Crippen molar-refractivity contribution in [3.63, 3.8) is 0 Å². The summed E-state index contributed by atoms with van der Waals surface area (Å²) in [6.45, 7) is 3.83. The van der Waals surface area contributed by atoms with Gasteiger partial charge >= 0.3 is 0 Å². The predicted molar refractivity (Wildman–Crippen MR) is 66.8 cm³/mol. The summed E-state index contributed by atoms with van der Waals surface area (Å²) in [6, 6.07) is 6.75. The Labute approximate surface area is 97.4 Å². The van der Waals surface area contributed by atoms with E-state index in [1.165, 1.54) is 16.8 Å². The van der Waals surface area contributed by atoms with Crippen molar-refractivity contribution in [2.45, 2.75) is 13.0 Å². The normalized spacial score (nSPS) is 13.9. The molecule has 1 aromatic carbocycles. The second kappa shape index (κ2) is 5.32. The van der Waals surface area contributed by atoms with E-state index in [0.717, 1.165) is 32.7 Å². The zero-order valence-corrected chi connectivity index (χ0v) is 10.1. The maximum atomic E-state index is 5.07. The molecule has 1 aromatic rings. The first-order valence-corrected chi connectivity index (χ1v) is 5.83. The second-order valence-electron chi connectivity index (χ2n) is 4.40. The van der Waals surface area contributed by atoms with Gasteiger partial charge in [0.15, 0.2) is 0 Å². The minimum Gasteiger partial charge on any atom is -0.384 e. The van der Waals surface area contributed by atoms with Crippen LogP contribution in [0.5, 0.6) is 0 Å². The van der Waals surface area contributed by atoms with Gasteiger partial charge in [0.1, 0.15) is 0 Å². The molecule has 0 radical (unpaired) electrons. The lowest BCUT2D eigenvalue weighted by Gasteiger charge is -2.16. The highest BCUT2D eigenvalue weighted by Gasteiger charge is 2.10. The first kappa shape index (κ1) is 11.4. The molecule has 16 heavy (non-hydrogen) atoms.